The first-order chi connectivity index (χ1) is 9.36. The smallest absolute Gasteiger partial charge is 0.220 e. The lowest BCUT2D eigenvalue weighted by atomic mass is 9.91. The zero-order valence-electron chi connectivity index (χ0n) is 13.4. The second-order valence-corrected chi connectivity index (χ2v) is 7.01. The third-order valence-corrected chi connectivity index (χ3v) is 3.73. The Morgan fingerprint density at radius 3 is 1.50 bits per heavy atom. The molecule has 0 bridgehead atoms. The first kappa shape index (κ1) is 17.0. The van der Waals surface area contributed by atoms with Gasteiger partial charge in [0.05, 0.1) is 0 Å². The summed E-state index contributed by atoms with van der Waals surface area (Å²) >= 11 is 0. The van der Waals surface area contributed by atoms with Gasteiger partial charge in [-0.1, -0.05) is 27.7 Å². The highest BCUT2D eigenvalue weighted by molar-refractivity contribution is 5.78. The minimum atomic E-state index is 0.126. The molecule has 116 valence electrons. The van der Waals surface area contributed by atoms with E-state index in [1.165, 1.54) is 0 Å². The third-order valence-electron chi connectivity index (χ3n) is 3.73. The van der Waals surface area contributed by atoms with Gasteiger partial charge >= 0.3 is 0 Å². The average molecular weight is 282 g/mol. The number of nitrogens with one attached hydrogen (secondary N) is 2. The number of rotatable bonds is 4. The van der Waals surface area contributed by atoms with Crippen molar-refractivity contribution < 1.29 is 9.59 Å². The zero-order chi connectivity index (χ0) is 15.1. The molecule has 0 spiro atoms. The molecule has 1 saturated heterocycles. The molecular formula is C16H30N2O2. The molecule has 2 unspecified atom stereocenters. The monoisotopic (exact) mass is 282 g/mol. The van der Waals surface area contributed by atoms with E-state index < -0.39 is 0 Å². The van der Waals surface area contributed by atoms with Crippen molar-refractivity contribution in [1.29, 1.82) is 0 Å². The second kappa shape index (κ2) is 8.28. The van der Waals surface area contributed by atoms with Gasteiger partial charge in [-0.2, -0.15) is 0 Å². The molecule has 1 fully saturated rings. The van der Waals surface area contributed by atoms with Gasteiger partial charge in [-0.15, -0.1) is 0 Å². The van der Waals surface area contributed by atoms with E-state index in [-0.39, 0.29) is 23.7 Å². The predicted molar refractivity (Wildman–Crippen MR) is 81.1 cm³/mol. The maximum absolute atomic E-state index is 12.0. The summed E-state index contributed by atoms with van der Waals surface area (Å²) in [5.41, 5.74) is 0. The third kappa shape index (κ3) is 6.92. The van der Waals surface area contributed by atoms with Gasteiger partial charge in [0.25, 0.3) is 0 Å². The van der Waals surface area contributed by atoms with E-state index in [4.69, 9.17) is 0 Å². The predicted octanol–water partition coefficient (Wildman–Crippen LogP) is 2.34. The van der Waals surface area contributed by atoms with E-state index in [2.05, 4.69) is 38.3 Å². The van der Waals surface area contributed by atoms with Crippen LogP contribution < -0.4 is 10.6 Å². The Balaban J connectivity index is 2.60. The maximum Gasteiger partial charge on any atom is 0.220 e. The molecule has 0 aromatic rings. The van der Waals surface area contributed by atoms with Crippen LogP contribution in [-0.2, 0) is 9.59 Å². The van der Waals surface area contributed by atoms with Crippen LogP contribution in [0.15, 0.2) is 0 Å². The van der Waals surface area contributed by atoms with Crippen LogP contribution >= 0.6 is 0 Å². The normalized spacial score (nSPS) is 25.5. The van der Waals surface area contributed by atoms with Crippen LogP contribution in [0.5, 0.6) is 0 Å². The van der Waals surface area contributed by atoms with E-state index in [0.29, 0.717) is 37.8 Å². The zero-order valence-corrected chi connectivity index (χ0v) is 13.4. The fourth-order valence-electron chi connectivity index (χ4n) is 3.00. The molecule has 0 saturated carbocycles. The maximum atomic E-state index is 12.0. The van der Waals surface area contributed by atoms with E-state index in [9.17, 15) is 9.59 Å². The summed E-state index contributed by atoms with van der Waals surface area (Å²) in [5, 5.41) is 6.03. The molecule has 20 heavy (non-hydrogen) atoms. The fraction of sp³-hybridized carbons (Fsp3) is 0.875. The molecule has 2 N–H and O–H groups in total. The molecular weight excluding hydrogens is 252 g/mol. The summed E-state index contributed by atoms with van der Waals surface area (Å²) in [5.74, 6) is 1.84. The lowest BCUT2D eigenvalue weighted by Gasteiger charge is -2.24. The van der Waals surface area contributed by atoms with Gasteiger partial charge in [-0.25, -0.2) is 0 Å². The van der Waals surface area contributed by atoms with Gasteiger partial charge in [-0.3, -0.25) is 9.59 Å². The number of carbonyl (C=O) groups is 2. The van der Waals surface area contributed by atoms with Gasteiger partial charge in [0.1, 0.15) is 0 Å². The van der Waals surface area contributed by atoms with Gasteiger partial charge in [0.2, 0.25) is 11.8 Å². The summed E-state index contributed by atoms with van der Waals surface area (Å²) in [7, 11) is 0. The van der Waals surface area contributed by atoms with E-state index in [1.54, 1.807) is 0 Å². The molecule has 4 nitrogen and oxygen atoms in total. The Morgan fingerprint density at radius 1 is 0.850 bits per heavy atom. The van der Waals surface area contributed by atoms with Gasteiger partial charge in [-0.05, 0) is 36.5 Å². The fourth-order valence-corrected chi connectivity index (χ4v) is 3.00. The van der Waals surface area contributed by atoms with Crippen molar-refractivity contribution in [2.75, 3.05) is 13.1 Å². The molecule has 1 rings (SSSR count). The summed E-state index contributed by atoms with van der Waals surface area (Å²) in [4.78, 5) is 24.0. The lowest BCUT2D eigenvalue weighted by molar-refractivity contribution is -0.126. The van der Waals surface area contributed by atoms with Gasteiger partial charge < -0.3 is 10.6 Å². The average Bonchev–Trinajstić information content (AvgIpc) is 2.31. The van der Waals surface area contributed by atoms with Crippen LogP contribution in [0.4, 0.5) is 0 Å². The number of carbonyl (C=O) groups excluding carboxylic acids is 2. The lowest BCUT2D eigenvalue weighted by Crippen LogP contribution is -2.39. The number of hydrogen-bond donors (Lipinski definition) is 2. The highest BCUT2D eigenvalue weighted by atomic mass is 16.2. The molecule has 1 aliphatic heterocycles. The summed E-state index contributed by atoms with van der Waals surface area (Å²) < 4.78 is 0. The van der Waals surface area contributed by atoms with E-state index in [0.717, 1.165) is 12.8 Å². The Hall–Kier alpha value is -1.06. The van der Waals surface area contributed by atoms with Crippen LogP contribution in [0, 0.1) is 23.7 Å². The topological polar surface area (TPSA) is 58.2 Å². The molecule has 0 aromatic heterocycles. The first-order valence-corrected chi connectivity index (χ1v) is 7.90. The van der Waals surface area contributed by atoms with Crippen LogP contribution in [0.3, 0.4) is 0 Å². The van der Waals surface area contributed by atoms with Crippen molar-refractivity contribution in [2.24, 2.45) is 23.7 Å². The van der Waals surface area contributed by atoms with Crippen molar-refractivity contribution >= 4 is 11.8 Å². The highest BCUT2D eigenvalue weighted by Crippen LogP contribution is 2.18. The van der Waals surface area contributed by atoms with Crippen molar-refractivity contribution in [3.8, 4) is 0 Å². The Labute approximate surface area is 123 Å². The van der Waals surface area contributed by atoms with Crippen molar-refractivity contribution in [3.63, 3.8) is 0 Å². The molecule has 0 aromatic carbocycles. The Morgan fingerprint density at radius 2 is 1.20 bits per heavy atom. The first-order valence-electron chi connectivity index (χ1n) is 7.90. The second-order valence-electron chi connectivity index (χ2n) is 7.01. The molecule has 1 aliphatic rings. The Bertz CT molecular complexity index is 294. The molecule has 1 heterocycles. The molecule has 2 amide bonds. The Kier molecular flexibility index (Phi) is 7.03. The van der Waals surface area contributed by atoms with Crippen molar-refractivity contribution in [1.82, 2.24) is 10.6 Å². The van der Waals surface area contributed by atoms with Crippen LogP contribution in [-0.4, -0.2) is 24.9 Å². The van der Waals surface area contributed by atoms with Crippen LogP contribution in [0.25, 0.3) is 0 Å². The summed E-state index contributed by atoms with van der Waals surface area (Å²) in [6.07, 6.45) is 2.99. The SMILES string of the molecule is CC(C)CC1CNC(=O)CC(CC(C)C)CNC(=O)C1. The molecule has 0 radical (unpaired) electrons. The van der Waals surface area contributed by atoms with Crippen LogP contribution in [0.2, 0.25) is 0 Å². The highest BCUT2D eigenvalue weighted by Gasteiger charge is 2.22. The minimum absolute atomic E-state index is 0.126. The summed E-state index contributed by atoms with van der Waals surface area (Å²) in [6, 6.07) is 0. The van der Waals surface area contributed by atoms with E-state index in [1.807, 2.05) is 0 Å². The number of hydrogen-bond acceptors (Lipinski definition) is 2. The minimum Gasteiger partial charge on any atom is -0.356 e. The van der Waals surface area contributed by atoms with Crippen molar-refractivity contribution in [3.05, 3.63) is 0 Å². The van der Waals surface area contributed by atoms with Gasteiger partial charge in [0, 0.05) is 25.9 Å². The molecule has 2 atom stereocenters. The standard InChI is InChI=1S/C16H30N2O2/c1-11(2)5-13-7-15(19)18-10-14(6-12(3)4)8-16(20)17-9-13/h11-14H,5-10H2,1-4H3,(H,17,20)(H,18,19). The number of amides is 2. The quantitative estimate of drug-likeness (QED) is 0.831. The molecule has 0 aliphatic carbocycles. The largest absolute Gasteiger partial charge is 0.356 e. The van der Waals surface area contributed by atoms with Gasteiger partial charge in [0.15, 0.2) is 0 Å². The van der Waals surface area contributed by atoms with Crippen molar-refractivity contribution in [2.45, 2.75) is 53.4 Å². The van der Waals surface area contributed by atoms with Crippen LogP contribution in [0.1, 0.15) is 53.4 Å². The summed E-state index contributed by atoms with van der Waals surface area (Å²) in [6.45, 7) is 9.85. The van der Waals surface area contributed by atoms with E-state index >= 15 is 0 Å². The molecule has 4 heteroatoms.